The van der Waals surface area contributed by atoms with Crippen LogP contribution in [-0.2, 0) is 23.1 Å². The molecule has 7 nitrogen and oxygen atoms in total. The number of nitrogens with two attached hydrogens (primary N) is 1. The maximum Gasteiger partial charge on any atom is 0.247 e. The van der Waals surface area contributed by atoms with Crippen LogP contribution in [0.2, 0.25) is 0 Å². The van der Waals surface area contributed by atoms with E-state index in [1.54, 1.807) is 4.90 Å². The molecule has 3 N–H and O–H groups in total. The second-order valence-corrected chi connectivity index (χ2v) is 7.65. The fourth-order valence-corrected chi connectivity index (χ4v) is 4.72. The number of aromatic nitrogens is 2. The van der Waals surface area contributed by atoms with E-state index in [-0.39, 0.29) is 23.2 Å². The summed E-state index contributed by atoms with van der Waals surface area (Å²) in [6, 6.07) is 19.8. The fourth-order valence-electron chi connectivity index (χ4n) is 4.72. The molecular weight excluding hydrogens is 390 g/mol. The van der Waals surface area contributed by atoms with Crippen molar-refractivity contribution in [1.82, 2.24) is 10.2 Å². The van der Waals surface area contributed by atoms with Gasteiger partial charge in [-0.3, -0.25) is 9.89 Å². The van der Waals surface area contributed by atoms with Crippen molar-refractivity contribution in [3.8, 4) is 11.9 Å². The lowest BCUT2D eigenvalue weighted by Gasteiger charge is -2.32. The van der Waals surface area contributed by atoms with E-state index in [4.69, 9.17) is 10.5 Å². The van der Waals surface area contributed by atoms with Crippen LogP contribution in [0.4, 0.5) is 5.69 Å². The zero-order chi connectivity index (χ0) is 21.6. The monoisotopic (exact) mass is 411 g/mol. The molecule has 154 valence electrons. The molecule has 0 fully saturated rings. The van der Waals surface area contributed by atoms with Crippen molar-refractivity contribution >= 4 is 11.6 Å². The van der Waals surface area contributed by atoms with Gasteiger partial charge in [-0.15, -0.1) is 5.10 Å². The van der Waals surface area contributed by atoms with Crippen LogP contribution < -0.4 is 15.4 Å². The Morgan fingerprint density at radius 2 is 1.94 bits per heavy atom. The van der Waals surface area contributed by atoms with Crippen molar-refractivity contribution in [2.75, 3.05) is 11.4 Å². The molecule has 2 aliphatic rings. The summed E-state index contributed by atoms with van der Waals surface area (Å²) in [5.74, 6) is -0.0385. The van der Waals surface area contributed by atoms with Crippen LogP contribution in [0.5, 0.6) is 5.88 Å². The minimum absolute atomic E-state index is 0.0859. The third-order valence-corrected chi connectivity index (χ3v) is 6.11. The van der Waals surface area contributed by atoms with Crippen molar-refractivity contribution in [3.05, 3.63) is 88.4 Å². The Morgan fingerprint density at radius 1 is 1.19 bits per heavy atom. The summed E-state index contributed by atoms with van der Waals surface area (Å²) in [6.45, 7) is 2.45. The second kappa shape index (κ2) is 7.03. The lowest BCUT2D eigenvalue weighted by Crippen LogP contribution is -2.46. The van der Waals surface area contributed by atoms with E-state index in [9.17, 15) is 10.1 Å². The predicted molar refractivity (Wildman–Crippen MR) is 115 cm³/mol. The lowest BCUT2D eigenvalue weighted by molar-refractivity contribution is -0.121. The van der Waals surface area contributed by atoms with E-state index in [1.165, 1.54) is 0 Å². The first-order valence-electron chi connectivity index (χ1n) is 10.2. The maximum absolute atomic E-state index is 14.2. The minimum Gasteiger partial charge on any atom is -0.420 e. The van der Waals surface area contributed by atoms with Crippen molar-refractivity contribution in [1.29, 1.82) is 5.26 Å². The van der Waals surface area contributed by atoms with E-state index in [0.29, 0.717) is 24.9 Å². The van der Waals surface area contributed by atoms with Crippen LogP contribution >= 0.6 is 0 Å². The number of nitriles is 1. The van der Waals surface area contributed by atoms with E-state index < -0.39 is 5.41 Å². The molecule has 0 aliphatic carbocycles. The summed E-state index contributed by atoms with van der Waals surface area (Å²) in [7, 11) is 0. The van der Waals surface area contributed by atoms with Gasteiger partial charge in [-0.05, 0) is 24.5 Å². The van der Waals surface area contributed by atoms with E-state index >= 15 is 0 Å². The topological polar surface area (TPSA) is 108 Å². The number of fused-ring (bicyclic) bond motifs is 4. The zero-order valence-corrected chi connectivity index (χ0v) is 17.1. The highest BCUT2D eigenvalue weighted by molar-refractivity contribution is 6.14. The van der Waals surface area contributed by atoms with Crippen molar-refractivity contribution in [2.45, 2.75) is 25.2 Å². The number of anilines is 1. The van der Waals surface area contributed by atoms with Gasteiger partial charge in [0, 0.05) is 23.5 Å². The molecule has 3 aromatic rings. The molecule has 7 heteroatoms. The Hall–Kier alpha value is -4.05. The summed E-state index contributed by atoms with van der Waals surface area (Å²) >= 11 is 0. The third kappa shape index (κ3) is 2.51. The predicted octanol–water partition coefficient (Wildman–Crippen LogP) is 2.93. The number of carbonyl (C=O) groups is 1. The van der Waals surface area contributed by atoms with E-state index in [1.807, 2.05) is 61.5 Å². The molecule has 0 saturated heterocycles. The highest BCUT2D eigenvalue weighted by Crippen LogP contribution is 2.55. The number of hydrogen-bond acceptors (Lipinski definition) is 5. The number of aryl methyl sites for hydroxylation is 1. The van der Waals surface area contributed by atoms with Crippen LogP contribution in [0.25, 0.3) is 0 Å². The lowest BCUT2D eigenvalue weighted by atomic mass is 9.69. The van der Waals surface area contributed by atoms with Crippen LogP contribution in [0.15, 0.2) is 66.1 Å². The number of carbonyl (C=O) groups excluding carboxylic acids is 1. The Balaban J connectivity index is 1.71. The van der Waals surface area contributed by atoms with Gasteiger partial charge in [0.05, 0.1) is 5.56 Å². The molecule has 2 aromatic carbocycles. The first kappa shape index (κ1) is 18.9. The smallest absolute Gasteiger partial charge is 0.247 e. The molecule has 1 atom stereocenters. The molecule has 2 aliphatic heterocycles. The van der Waals surface area contributed by atoms with Crippen LogP contribution in [-0.4, -0.2) is 22.6 Å². The number of amides is 1. The fraction of sp³-hybridized carbons (Fsp3) is 0.208. The number of H-pyrrole nitrogens is 1. The standard InChI is InChI=1S/C24H21N5O2/c1-2-18-20-22(28-27-18)31-21(26)17(14-25)24(20)16-10-6-7-11-19(16)29(23(24)30)13-12-15-8-4-3-5-9-15/h3-11H,2,12-13,26H2,1H3,(H,27,28). The van der Waals surface area contributed by atoms with Gasteiger partial charge in [0.2, 0.25) is 17.7 Å². The number of ether oxygens (including phenoxy) is 1. The second-order valence-electron chi connectivity index (χ2n) is 7.65. The van der Waals surface area contributed by atoms with Crippen LogP contribution in [0.1, 0.15) is 29.3 Å². The summed E-state index contributed by atoms with van der Waals surface area (Å²) in [5.41, 5.74) is 8.87. The molecule has 3 heterocycles. The molecule has 0 radical (unpaired) electrons. The number of hydrogen-bond donors (Lipinski definition) is 2. The number of benzene rings is 2. The van der Waals surface area contributed by atoms with Crippen molar-refractivity contribution in [2.24, 2.45) is 5.73 Å². The highest BCUT2D eigenvalue weighted by Gasteiger charge is 2.60. The average Bonchev–Trinajstić information content (AvgIpc) is 3.31. The SMILES string of the molecule is CCc1[nH]nc2c1C1(C(=O)N(CCc3ccccc3)c3ccccc31)C(C#N)=C(N)O2. The van der Waals surface area contributed by atoms with Crippen LogP contribution in [0, 0.1) is 11.3 Å². The summed E-state index contributed by atoms with van der Waals surface area (Å²) < 4.78 is 5.65. The highest BCUT2D eigenvalue weighted by atomic mass is 16.5. The third-order valence-electron chi connectivity index (χ3n) is 6.11. The Kier molecular flexibility index (Phi) is 4.29. The Bertz CT molecular complexity index is 1250. The quantitative estimate of drug-likeness (QED) is 0.686. The van der Waals surface area contributed by atoms with Gasteiger partial charge < -0.3 is 15.4 Å². The average molecular weight is 411 g/mol. The molecule has 0 bridgehead atoms. The Morgan fingerprint density at radius 3 is 2.68 bits per heavy atom. The van der Waals surface area contributed by atoms with Gasteiger partial charge in [0.25, 0.3) is 0 Å². The molecule has 1 spiro atoms. The van der Waals surface area contributed by atoms with Crippen molar-refractivity contribution in [3.63, 3.8) is 0 Å². The van der Waals surface area contributed by atoms with Crippen molar-refractivity contribution < 1.29 is 9.53 Å². The zero-order valence-electron chi connectivity index (χ0n) is 17.1. The van der Waals surface area contributed by atoms with Gasteiger partial charge >= 0.3 is 0 Å². The minimum atomic E-state index is -1.36. The van der Waals surface area contributed by atoms with E-state index in [2.05, 4.69) is 16.3 Å². The largest absolute Gasteiger partial charge is 0.420 e. The van der Waals surface area contributed by atoms with Gasteiger partial charge in [-0.25, -0.2) is 0 Å². The van der Waals surface area contributed by atoms with Gasteiger partial charge in [0.1, 0.15) is 17.1 Å². The van der Waals surface area contributed by atoms with Crippen LogP contribution in [0.3, 0.4) is 0 Å². The molecular formula is C24H21N5O2. The van der Waals surface area contributed by atoms with E-state index in [0.717, 1.165) is 22.5 Å². The maximum atomic E-state index is 14.2. The summed E-state index contributed by atoms with van der Waals surface area (Å²) in [4.78, 5) is 16.0. The first-order valence-corrected chi connectivity index (χ1v) is 10.2. The first-order chi connectivity index (χ1) is 15.1. The normalized spacial score (nSPS) is 19.2. The van der Waals surface area contributed by atoms with Gasteiger partial charge in [-0.1, -0.05) is 55.5 Å². The molecule has 31 heavy (non-hydrogen) atoms. The molecule has 1 unspecified atom stereocenters. The number of aromatic amines is 1. The number of nitrogens with zero attached hydrogens (tertiary/aromatic N) is 3. The van der Waals surface area contributed by atoms with Gasteiger partial charge in [0.15, 0.2) is 0 Å². The molecule has 1 aromatic heterocycles. The number of nitrogens with one attached hydrogen (secondary N) is 1. The molecule has 1 amide bonds. The molecule has 0 saturated carbocycles. The number of rotatable bonds is 4. The Labute approximate surface area is 179 Å². The van der Waals surface area contributed by atoms with Gasteiger partial charge in [-0.2, -0.15) is 5.26 Å². The summed E-state index contributed by atoms with van der Waals surface area (Å²) in [5, 5.41) is 17.3. The summed E-state index contributed by atoms with van der Waals surface area (Å²) in [6.07, 6.45) is 1.29. The number of para-hydroxylation sites is 1. The molecule has 5 rings (SSSR count).